The Bertz CT molecular complexity index is 710. The van der Waals surface area contributed by atoms with Crippen LogP contribution in [0.2, 0.25) is 0 Å². The first-order valence-electron chi connectivity index (χ1n) is 6.49. The average Bonchev–Trinajstić information content (AvgIpc) is 2.90. The van der Waals surface area contributed by atoms with Crippen LogP contribution in [0.25, 0.3) is 11.4 Å². The molecule has 0 spiro atoms. The monoisotopic (exact) mass is 286 g/mol. The molecule has 0 N–H and O–H groups in total. The van der Waals surface area contributed by atoms with Gasteiger partial charge in [0.2, 0.25) is 5.91 Å². The van der Waals surface area contributed by atoms with E-state index in [0.717, 1.165) is 5.56 Å². The van der Waals surface area contributed by atoms with Gasteiger partial charge in [0.25, 0.3) is 0 Å². The Morgan fingerprint density at radius 3 is 2.71 bits per heavy atom. The topological polar surface area (TPSA) is 84.2 Å². The maximum atomic E-state index is 12.2. The van der Waals surface area contributed by atoms with Crippen LogP contribution in [-0.2, 0) is 11.8 Å². The molecule has 1 saturated heterocycles. The van der Waals surface area contributed by atoms with E-state index in [4.69, 9.17) is 0 Å². The number of rotatable bonds is 2. The number of aryl methyl sites for hydroxylation is 1. The summed E-state index contributed by atoms with van der Waals surface area (Å²) >= 11 is 0. The first kappa shape index (κ1) is 13.2. The summed E-state index contributed by atoms with van der Waals surface area (Å²) in [5.41, 5.74) is 1.27. The molecule has 0 unspecified atom stereocenters. The van der Waals surface area contributed by atoms with Crippen molar-refractivity contribution in [2.45, 2.75) is 6.42 Å². The zero-order chi connectivity index (χ0) is 15.0. The number of carbonyl (C=O) groups excluding carboxylic acids is 2. The Morgan fingerprint density at radius 1 is 1.19 bits per heavy atom. The summed E-state index contributed by atoms with van der Waals surface area (Å²) in [6.07, 6.45) is 0.317. The fourth-order valence-electron chi connectivity index (χ4n) is 2.26. The Labute approximate surface area is 120 Å². The molecular formula is C13H14N6O2. The summed E-state index contributed by atoms with van der Waals surface area (Å²) in [7, 11) is 3.41. The van der Waals surface area contributed by atoms with E-state index in [1.165, 1.54) is 14.5 Å². The van der Waals surface area contributed by atoms with Crippen molar-refractivity contribution in [2.75, 3.05) is 18.5 Å². The van der Waals surface area contributed by atoms with Crippen LogP contribution in [0, 0.1) is 0 Å². The summed E-state index contributed by atoms with van der Waals surface area (Å²) in [5, 5.41) is 11.3. The number of anilines is 1. The third-order valence-corrected chi connectivity index (χ3v) is 3.41. The quantitative estimate of drug-likeness (QED) is 0.810. The van der Waals surface area contributed by atoms with Crippen molar-refractivity contribution in [3.63, 3.8) is 0 Å². The van der Waals surface area contributed by atoms with Gasteiger partial charge in [-0.3, -0.25) is 4.79 Å². The van der Waals surface area contributed by atoms with Crippen LogP contribution in [0.1, 0.15) is 6.42 Å². The van der Waals surface area contributed by atoms with Crippen LogP contribution >= 0.6 is 0 Å². The molecule has 3 amide bonds. The largest absolute Gasteiger partial charge is 0.331 e. The highest BCUT2D eigenvalue weighted by Gasteiger charge is 2.31. The molecule has 8 heteroatoms. The number of benzene rings is 1. The molecule has 0 atom stereocenters. The Morgan fingerprint density at radius 2 is 2.00 bits per heavy atom. The number of tetrazole rings is 1. The number of nitrogens with zero attached hydrogens (tertiary/aromatic N) is 6. The molecule has 2 heterocycles. The Kier molecular flexibility index (Phi) is 3.13. The standard InChI is InChI=1S/C13H14N6O2/c1-17-7-6-11(20)19(13(17)21)10-5-3-4-9(8-10)12-14-15-16-18(12)2/h3-5,8H,6-7H2,1-2H3. The van der Waals surface area contributed by atoms with Gasteiger partial charge in [-0.25, -0.2) is 14.4 Å². The lowest BCUT2D eigenvalue weighted by molar-refractivity contribution is -0.119. The highest BCUT2D eigenvalue weighted by molar-refractivity contribution is 6.15. The van der Waals surface area contributed by atoms with Gasteiger partial charge in [0.1, 0.15) is 0 Å². The second kappa shape index (κ2) is 4.97. The minimum Gasteiger partial charge on any atom is -0.327 e. The van der Waals surface area contributed by atoms with Crippen LogP contribution in [0.4, 0.5) is 10.5 Å². The zero-order valence-electron chi connectivity index (χ0n) is 11.7. The first-order chi connectivity index (χ1) is 10.1. The van der Waals surface area contributed by atoms with Crippen molar-refractivity contribution in [3.05, 3.63) is 24.3 Å². The fourth-order valence-corrected chi connectivity index (χ4v) is 2.26. The predicted octanol–water partition coefficient (Wildman–Crippen LogP) is 0.666. The second-order valence-electron chi connectivity index (χ2n) is 4.86. The molecule has 0 bridgehead atoms. The van der Waals surface area contributed by atoms with Gasteiger partial charge >= 0.3 is 6.03 Å². The third-order valence-electron chi connectivity index (χ3n) is 3.41. The maximum Gasteiger partial charge on any atom is 0.331 e. The number of hydrogen-bond acceptors (Lipinski definition) is 5. The molecule has 0 saturated carbocycles. The lowest BCUT2D eigenvalue weighted by atomic mass is 10.1. The summed E-state index contributed by atoms with van der Waals surface area (Å²) < 4.78 is 1.53. The Hall–Kier alpha value is -2.77. The molecule has 1 aromatic carbocycles. The molecule has 1 aliphatic rings. The smallest absolute Gasteiger partial charge is 0.327 e. The molecule has 0 radical (unpaired) electrons. The molecule has 1 fully saturated rings. The first-order valence-corrected chi connectivity index (χ1v) is 6.49. The molecular weight excluding hydrogens is 272 g/mol. The molecule has 108 valence electrons. The number of aromatic nitrogens is 4. The number of hydrogen-bond donors (Lipinski definition) is 0. The number of imide groups is 1. The molecule has 2 aromatic rings. The van der Waals surface area contributed by atoms with Gasteiger partial charge < -0.3 is 4.90 Å². The normalized spacial score (nSPS) is 15.7. The van der Waals surface area contributed by atoms with E-state index in [0.29, 0.717) is 24.5 Å². The molecule has 21 heavy (non-hydrogen) atoms. The van der Waals surface area contributed by atoms with Crippen molar-refractivity contribution < 1.29 is 9.59 Å². The van der Waals surface area contributed by atoms with Crippen molar-refractivity contribution >= 4 is 17.6 Å². The van der Waals surface area contributed by atoms with Crippen molar-refractivity contribution in [2.24, 2.45) is 7.05 Å². The van der Waals surface area contributed by atoms with Gasteiger partial charge in [-0.2, -0.15) is 0 Å². The van der Waals surface area contributed by atoms with E-state index in [1.807, 2.05) is 6.07 Å². The van der Waals surface area contributed by atoms with Gasteiger partial charge in [0, 0.05) is 32.6 Å². The van der Waals surface area contributed by atoms with Crippen LogP contribution in [0.5, 0.6) is 0 Å². The van der Waals surface area contributed by atoms with Crippen LogP contribution in [0.15, 0.2) is 24.3 Å². The van der Waals surface area contributed by atoms with Crippen LogP contribution < -0.4 is 4.90 Å². The van der Waals surface area contributed by atoms with Gasteiger partial charge in [0.15, 0.2) is 5.82 Å². The summed E-state index contributed by atoms with van der Waals surface area (Å²) in [5.74, 6) is 0.369. The number of amides is 3. The molecule has 0 aliphatic carbocycles. The minimum atomic E-state index is -0.320. The molecule has 8 nitrogen and oxygen atoms in total. The number of carbonyl (C=O) groups is 2. The highest BCUT2D eigenvalue weighted by atomic mass is 16.2. The summed E-state index contributed by atoms with van der Waals surface area (Å²) in [4.78, 5) is 27.0. The van der Waals surface area contributed by atoms with E-state index in [-0.39, 0.29) is 11.9 Å². The third kappa shape index (κ3) is 2.24. The lowest BCUT2D eigenvalue weighted by Crippen LogP contribution is -2.50. The van der Waals surface area contributed by atoms with E-state index in [1.54, 1.807) is 32.3 Å². The van der Waals surface area contributed by atoms with E-state index >= 15 is 0 Å². The Balaban J connectivity index is 2.01. The zero-order valence-corrected chi connectivity index (χ0v) is 11.7. The minimum absolute atomic E-state index is 0.202. The predicted molar refractivity (Wildman–Crippen MR) is 74.4 cm³/mol. The SMILES string of the molecule is CN1CCC(=O)N(c2cccc(-c3nnnn3C)c2)C1=O. The van der Waals surface area contributed by atoms with Gasteiger partial charge in [-0.15, -0.1) is 5.10 Å². The molecule has 1 aromatic heterocycles. The molecule has 1 aliphatic heterocycles. The van der Waals surface area contributed by atoms with Crippen LogP contribution in [0.3, 0.4) is 0 Å². The maximum absolute atomic E-state index is 12.2. The van der Waals surface area contributed by atoms with Gasteiger partial charge in [-0.05, 0) is 22.6 Å². The molecule has 3 rings (SSSR count). The van der Waals surface area contributed by atoms with E-state index in [2.05, 4.69) is 15.5 Å². The number of urea groups is 1. The van der Waals surface area contributed by atoms with Crippen molar-refractivity contribution in [1.82, 2.24) is 25.1 Å². The van der Waals surface area contributed by atoms with E-state index < -0.39 is 0 Å². The summed E-state index contributed by atoms with van der Waals surface area (Å²) in [6.45, 7) is 0.445. The average molecular weight is 286 g/mol. The van der Waals surface area contributed by atoms with Gasteiger partial charge in [-0.1, -0.05) is 12.1 Å². The van der Waals surface area contributed by atoms with Crippen LogP contribution in [-0.4, -0.2) is 50.6 Å². The summed E-state index contributed by atoms with van der Waals surface area (Å²) in [6, 6.07) is 6.74. The van der Waals surface area contributed by atoms with E-state index in [9.17, 15) is 9.59 Å². The highest BCUT2D eigenvalue weighted by Crippen LogP contribution is 2.25. The van der Waals surface area contributed by atoms with Gasteiger partial charge in [0.05, 0.1) is 5.69 Å². The fraction of sp³-hybridized carbons (Fsp3) is 0.308. The van der Waals surface area contributed by atoms with Crippen molar-refractivity contribution in [3.8, 4) is 11.4 Å². The second-order valence-corrected chi connectivity index (χ2v) is 4.86. The lowest BCUT2D eigenvalue weighted by Gasteiger charge is -2.31. The van der Waals surface area contributed by atoms with Crippen molar-refractivity contribution in [1.29, 1.82) is 0 Å².